The van der Waals surface area contributed by atoms with Crippen molar-refractivity contribution in [1.82, 2.24) is 0 Å². The fourth-order valence-electron chi connectivity index (χ4n) is 1.86. The van der Waals surface area contributed by atoms with Crippen molar-refractivity contribution >= 4 is 0 Å². The molecule has 1 atom stereocenters. The molecular formula is C14H14F3NO2. The van der Waals surface area contributed by atoms with Crippen LogP contribution in [0.4, 0.5) is 13.2 Å². The van der Waals surface area contributed by atoms with Gasteiger partial charge >= 0.3 is 6.36 Å². The number of furan rings is 1. The summed E-state index contributed by atoms with van der Waals surface area (Å²) < 4.78 is 46.5. The molecule has 3 nitrogen and oxygen atoms in total. The van der Waals surface area contributed by atoms with E-state index in [1.807, 2.05) is 6.92 Å². The highest BCUT2D eigenvalue weighted by molar-refractivity contribution is 5.39. The molecule has 0 aliphatic rings. The van der Waals surface area contributed by atoms with Gasteiger partial charge in [-0.05, 0) is 18.2 Å². The normalized spacial score (nSPS) is 13.2. The lowest BCUT2D eigenvalue weighted by molar-refractivity contribution is -0.274. The number of aryl methyl sites for hydroxylation is 1. The lowest BCUT2D eigenvalue weighted by Crippen LogP contribution is -2.20. The summed E-state index contributed by atoms with van der Waals surface area (Å²) in [5.41, 5.74) is 6.19. The van der Waals surface area contributed by atoms with Gasteiger partial charge in [-0.3, -0.25) is 0 Å². The van der Waals surface area contributed by atoms with Crippen LogP contribution in [-0.2, 0) is 6.42 Å². The third kappa shape index (κ3) is 3.33. The Morgan fingerprint density at radius 1 is 1.20 bits per heavy atom. The number of alkyl halides is 3. The van der Waals surface area contributed by atoms with Crippen molar-refractivity contribution in [2.24, 2.45) is 5.73 Å². The number of rotatable bonds is 4. The van der Waals surface area contributed by atoms with Crippen molar-refractivity contribution in [1.29, 1.82) is 0 Å². The van der Waals surface area contributed by atoms with E-state index in [0.29, 0.717) is 12.2 Å². The monoisotopic (exact) mass is 285 g/mol. The number of nitrogens with two attached hydrogens (primary N) is 1. The van der Waals surface area contributed by atoms with E-state index in [2.05, 4.69) is 4.74 Å². The maximum atomic E-state index is 12.4. The molecule has 2 rings (SSSR count). The molecule has 0 spiro atoms. The van der Waals surface area contributed by atoms with Crippen molar-refractivity contribution in [2.75, 3.05) is 0 Å². The average molecular weight is 285 g/mol. The van der Waals surface area contributed by atoms with Gasteiger partial charge in [-0.25, -0.2) is 0 Å². The highest BCUT2D eigenvalue weighted by atomic mass is 19.4. The number of hydrogen-bond donors (Lipinski definition) is 1. The van der Waals surface area contributed by atoms with Gasteiger partial charge in [-0.2, -0.15) is 0 Å². The van der Waals surface area contributed by atoms with Gasteiger partial charge in [0.25, 0.3) is 0 Å². The summed E-state index contributed by atoms with van der Waals surface area (Å²) in [5, 5.41) is 0. The predicted octanol–water partition coefficient (Wildman–Crippen LogP) is 3.79. The molecule has 0 aliphatic heterocycles. The second-order valence-electron chi connectivity index (χ2n) is 4.22. The molecule has 108 valence electrons. The molecule has 0 fully saturated rings. The first-order chi connectivity index (χ1) is 9.40. The maximum absolute atomic E-state index is 12.4. The average Bonchev–Trinajstić information content (AvgIpc) is 2.85. The number of halogens is 3. The van der Waals surface area contributed by atoms with Crippen molar-refractivity contribution < 1.29 is 22.3 Å². The van der Waals surface area contributed by atoms with Gasteiger partial charge in [0.2, 0.25) is 0 Å². The second-order valence-corrected chi connectivity index (χ2v) is 4.22. The highest BCUT2D eigenvalue weighted by Crippen LogP contribution is 2.32. The largest absolute Gasteiger partial charge is 0.573 e. The van der Waals surface area contributed by atoms with E-state index in [9.17, 15) is 13.2 Å². The Bertz CT molecular complexity index is 578. The van der Waals surface area contributed by atoms with Gasteiger partial charge in [-0.15, -0.1) is 13.2 Å². The number of ether oxygens (including phenoxy) is 1. The van der Waals surface area contributed by atoms with Crippen molar-refractivity contribution in [3.05, 3.63) is 53.5 Å². The Morgan fingerprint density at radius 3 is 2.50 bits per heavy atom. The fourth-order valence-corrected chi connectivity index (χ4v) is 1.86. The number of benzene rings is 1. The van der Waals surface area contributed by atoms with Gasteiger partial charge in [0.1, 0.15) is 17.3 Å². The first-order valence-corrected chi connectivity index (χ1v) is 6.09. The van der Waals surface area contributed by atoms with Crippen LogP contribution in [0.5, 0.6) is 5.75 Å². The Morgan fingerprint density at radius 2 is 1.90 bits per heavy atom. The molecule has 1 heterocycles. The summed E-state index contributed by atoms with van der Waals surface area (Å²) in [5.74, 6) is 0.812. The third-order valence-electron chi connectivity index (χ3n) is 2.82. The van der Waals surface area contributed by atoms with Crippen LogP contribution in [0.2, 0.25) is 0 Å². The van der Waals surface area contributed by atoms with Crippen molar-refractivity contribution in [3.8, 4) is 5.75 Å². The van der Waals surface area contributed by atoms with E-state index in [1.54, 1.807) is 18.2 Å². The minimum atomic E-state index is -4.76. The molecular weight excluding hydrogens is 271 g/mol. The molecule has 1 aromatic heterocycles. The van der Waals surface area contributed by atoms with Crippen LogP contribution in [0.3, 0.4) is 0 Å². The summed E-state index contributed by atoms with van der Waals surface area (Å²) >= 11 is 0. The predicted molar refractivity (Wildman–Crippen MR) is 67.2 cm³/mol. The molecule has 1 unspecified atom stereocenters. The second kappa shape index (κ2) is 5.58. The Balaban J connectivity index is 2.31. The fraction of sp³-hybridized carbons (Fsp3) is 0.286. The molecule has 0 radical (unpaired) electrons. The first kappa shape index (κ1) is 14.5. The van der Waals surface area contributed by atoms with E-state index >= 15 is 0 Å². The van der Waals surface area contributed by atoms with Crippen LogP contribution < -0.4 is 10.5 Å². The van der Waals surface area contributed by atoms with E-state index in [-0.39, 0.29) is 11.3 Å². The Hall–Kier alpha value is -1.95. The maximum Gasteiger partial charge on any atom is 0.573 e. The standard InChI is InChI=1S/C14H14F3NO2/c1-2-9-7-8-12(19-9)13(18)10-5-3-4-6-11(10)20-14(15,16)17/h3-8,13H,2,18H2,1H3. The molecule has 0 bridgehead atoms. The van der Waals surface area contributed by atoms with Gasteiger partial charge < -0.3 is 14.9 Å². The Labute approximate surface area is 114 Å². The lowest BCUT2D eigenvalue weighted by atomic mass is 10.0. The lowest BCUT2D eigenvalue weighted by Gasteiger charge is -2.16. The molecule has 0 amide bonds. The van der Waals surface area contributed by atoms with Crippen LogP contribution in [0.15, 0.2) is 40.8 Å². The number of para-hydroxylation sites is 1. The van der Waals surface area contributed by atoms with Gasteiger partial charge in [0, 0.05) is 12.0 Å². The molecule has 2 aromatic rings. The van der Waals surface area contributed by atoms with Crippen LogP contribution in [-0.4, -0.2) is 6.36 Å². The van der Waals surface area contributed by atoms with Gasteiger partial charge in [0.15, 0.2) is 0 Å². The molecule has 0 aliphatic carbocycles. The summed E-state index contributed by atoms with van der Waals surface area (Å²) in [4.78, 5) is 0. The smallest absolute Gasteiger partial charge is 0.464 e. The summed E-state index contributed by atoms with van der Waals surface area (Å²) in [7, 11) is 0. The summed E-state index contributed by atoms with van der Waals surface area (Å²) in [6.45, 7) is 1.91. The molecule has 6 heteroatoms. The van der Waals surface area contributed by atoms with Gasteiger partial charge in [-0.1, -0.05) is 25.1 Å². The minimum Gasteiger partial charge on any atom is -0.464 e. The van der Waals surface area contributed by atoms with Crippen LogP contribution in [0.25, 0.3) is 0 Å². The quantitative estimate of drug-likeness (QED) is 0.929. The van der Waals surface area contributed by atoms with E-state index in [0.717, 1.165) is 5.76 Å². The van der Waals surface area contributed by atoms with Crippen LogP contribution in [0, 0.1) is 0 Å². The zero-order valence-corrected chi connectivity index (χ0v) is 10.8. The molecule has 20 heavy (non-hydrogen) atoms. The zero-order chi connectivity index (χ0) is 14.8. The van der Waals surface area contributed by atoms with Crippen molar-refractivity contribution in [3.63, 3.8) is 0 Å². The topological polar surface area (TPSA) is 48.4 Å². The molecule has 1 aromatic carbocycles. The van der Waals surface area contributed by atoms with E-state index in [4.69, 9.17) is 10.2 Å². The zero-order valence-electron chi connectivity index (χ0n) is 10.8. The van der Waals surface area contributed by atoms with Crippen LogP contribution >= 0.6 is 0 Å². The summed E-state index contributed by atoms with van der Waals surface area (Å²) in [6, 6.07) is 8.37. The van der Waals surface area contributed by atoms with Crippen molar-refractivity contribution in [2.45, 2.75) is 25.7 Å². The molecule has 0 saturated heterocycles. The molecule has 2 N–H and O–H groups in total. The number of hydrogen-bond acceptors (Lipinski definition) is 3. The van der Waals surface area contributed by atoms with E-state index in [1.165, 1.54) is 18.2 Å². The first-order valence-electron chi connectivity index (χ1n) is 6.09. The minimum absolute atomic E-state index is 0.224. The van der Waals surface area contributed by atoms with E-state index < -0.39 is 12.4 Å². The highest BCUT2D eigenvalue weighted by Gasteiger charge is 2.33. The third-order valence-corrected chi connectivity index (χ3v) is 2.82. The van der Waals surface area contributed by atoms with Gasteiger partial charge in [0.05, 0.1) is 6.04 Å². The SMILES string of the molecule is CCc1ccc(C(N)c2ccccc2OC(F)(F)F)o1. The van der Waals surface area contributed by atoms with Crippen LogP contribution in [0.1, 0.15) is 30.0 Å². The summed E-state index contributed by atoms with van der Waals surface area (Å²) in [6.07, 6.45) is -4.07. The molecule has 0 saturated carbocycles. The Kier molecular flexibility index (Phi) is 4.04.